The van der Waals surface area contributed by atoms with Crippen molar-refractivity contribution in [2.45, 2.75) is 12.5 Å². The van der Waals surface area contributed by atoms with Crippen molar-refractivity contribution in [3.8, 4) is 0 Å². The molecule has 2 aromatic rings. The van der Waals surface area contributed by atoms with Crippen LogP contribution in [0.1, 0.15) is 16.9 Å². The van der Waals surface area contributed by atoms with Gasteiger partial charge >= 0.3 is 0 Å². The van der Waals surface area contributed by atoms with Crippen LogP contribution in [-0.4, -0.2) is 34.3 Å². The maximum absolute atomic E-state index is 13.2. The number of carbonyl (C=O) groups is 2. The minimum Gasteiger partial charge on any atom is -0.357 e. The van der Waals surface area contributed by atoms with Crippen LogP contribution in [0.4, 0.5) is 10.1 Å². The molecule has 6 heteroatoms. The van der Waals surface area contributed by atoms with Crippen LogP contribution in [0.25, 0.3) is 0 Å². The number of nitrogens with zero attached hydrogens (tertiary/aromatic N) is 1. The van der Waals surface area contributed by atoms with Gasteiger partial charge in [-0.05, 0) is 42.7 Å². The van der Waals surface area contributed by atoms with Gasteiger partial charge in [-0.2, -0.15) is 0 Å². The van der Waals surface area contributed by atoms with E-state index in [1.807, 2.05) is 0 Å². The fourth-order valence-corrected chi connectivity index (χ4v) is 3.65. The maximum atomic E-state index is 13.2. The maximum Gasteiger partial charge on any atom is 0.270 e. The van der Waals surface area contributed by atoms with Crippen LogP contribution in [0, 0.1) is 17.7 Å². The van der Waals surface area contributed by atoms with Crippen molar-refractivity contribution < 1.29 is 14.0 Å². The molecule has 1 saturated carbocycles. The van der Waals surface area contributed by atoms with E-state index in [4.69, 9.17) is 0 Å². The Morgan fingerprint density at radius 3 is 2.87 bits per heavy atom. The summed E-state index contributed by atoms with van der Waals surface area (Å²) in [5, 5.41) is 2.76. The topological polar surface area (TPSA) is 65.2 Å². The molecule has 3 unspecified atom stereocenters. The zero-order valence-electron chi connectivity index (χ0n) is 12.3. The summed E-state index contributed by atoms with van der Waals surface area (Å²) in [6.07, 6.45) is 2.56. The number of nitrogens with one attached hydrogen (secondary N) is 2. The largest absolute Gasteiger partial charge is 0.357 e. The molecule has 3 aliphatic rings. The molecule has 2 bridgehead atoms. The van der Waals surface area contributed by atoms with Crippen molar-refractivity contribution in [1.29, 1.82) is 0 Å². The number of carbonyl (C=O) groups excluding carboxylic acids is 2. The Bertz CT molecular complexity index is 759. The van der Waals surface area contributed by atoms with Gasteiger partial charge in [0, 0.05) is 24.5 Å². The first-order valence-electron chi connectivity index (χ1n) is 7.64. The predicted molar refractivity (Wildman–Crippen MR) is 82.2 cm³/mol. The Morgan fingerprint density at radius 2 is 2.13 bits per heavy atom. The molecule has 3 atom stereocenters. The van der Waals surface area contributed by atoms with Gasteiger partial charge in [0.25, 0.3) is 5.91 Å². The molecular formula is C17H16FN3O2. The van der Waals surface area contributed by atoms with E-state index in [0.29, 0.717) is 17.9 Å². The van der Waals surface area contributed by atoms with E-state index in [1.54, 1.807) is 35.4 Å². The SMILES string of the molecule is O=C(Nc1cccc(F)c1)C1C2CC1N(C(=O)c1ccc[nH]1)C2. The highest BCUT2D eigenvalue weighted by molar-refractivity contribution is 5.97. The number of aromatic nitrogens is 1. The lowest BCUT2D eigenvalue weighted by molar-refractivity contribution is -0.124. The van der Waals surface area contributed by atoms with Gasteiger partial charge in [-0.25, -0.2) is 4.39 Å². The van der Waals surface area contributed by atoms with Crippen molar-refractivity contribution in [2.24, 2.45) is 11.8 Å². The van der Waals surface area contributed by atoms with Crippen molar-refractivity contribution in [2.75, 3.05) is 11.9 Å². The third kappa shape index (κ3) is 2.30. The zero-order chi connectivity index (χ0) is 16.0. The first-order chi connectivity index (χ1) is 11.1. The number of fused-ring (bicyclic) bond motifs is 1. The van der Waals surface area contributed by atoms with Crippen LogP contribution in [0.3, 0.4) is 0 Å². The van der Waals surface area contributed by atoms with Gasteiger partial charge in [-0.3, -0.25) is 9.59 Å². The van der Waals surface area contributed by atoms with Crippen LogP contribution < -0.4 is 5.32 Å². The lowest BCUT2D eigenvalue weighted by atomic mass is 9.73. The van der Waals surface area contributed by atoms with E-state index in [9.17, 15) is 14.0 Å². The minimum atomic E-state index is -0.386. The number of halogens is 1. The average Bonchev–Trinajstić information content (AvgIpc) is 3.22. The van der Waals surface area contributed by atoms with Gasteiger partial charge in [0.15, 0.2) is 0 Å². The molecule has 2 saturated heterocycles. The van der Waals surface area contributed by atoms with Crippen LogP contribution in [0.15, 0.2) is 42.6 Å². The van der Waals surface area contributed by atoms with Crippen LogP contribution in [0.5, 0.6) is 0 Å². The summed E-state index contributed by atoms with van der Waals surface area (Å²) in [4.78, 5) is 29.6. The number of hydrogen-bond acceptors (Lipinski definition) is 2. The second kappa shape index (κ2) is 5.22. The molecule has 1 aliphatic carbocycles. The van der Waals surface area contributed by atoms with Gasteiger partial charge < -0.3 is 15.2 Å². The van der Waals surface area contributed by atoms with E-state index >= 15 is 0 Å². The van der Waals surface area contributed by atoms with Gasteiger partial charge in [0.2, 0.25) is 5.91 Å². The van der Waals surface area contributed by atoms with Gasteiger partial charge in [-0.15, -0.1) is 0 Å². The normalized spacial score (nSPS) is 25.1. The summed E-state index contributed by atoms with van der Waals surface area (Å²) in [7, 11) is 0. The van der Waals surface area contributed by atoms with E-state index in [1.165, 1.54) is 12.1 Å². The minimum absolute atomic E-state index is 0.0654. The molecule has 2 N–H and O–H groups in total. The molecule has 3 heterocycles. The van der Waals surface area contributed by atoms with Gasteiger partial charge in [-0.1, -0.05) is 6.07 Å². The summed E-state index contributed by atoms with van der Waals surface area (Å²) in [5.74, 6) is -0.616. The number of aromatic amines is 1. The standard InChI is InChI=1S/C17H16FN3O2/c18-11-3-1-4-12(8-11)20-16(22)15-10-7-14(15)21(9-10)17(23)13-5-2-6-19-13/h1-6,8,10,14-15,19H,7,9H2,(H,20,22). The molecule has 3 fully saturated rings. The molecular weight excluding hydrogens is 297 g/mol. The lowest BCUT2D eigenvalue weighted by Gasteiger charge is -2.35. The van der Waals surface area contributed by atoms with E-state index in [0.717, 1.165) is 6.42 Å². The van der Waals surface area contributed by atoms with Crippen molar-refractivity contribution >= 4 is 17.5 Å². The molecule has 2 aliphatic heterocycles. The molecule has 1 aromatic heterocycles. The summed E-state index contributed by atoms with van der Waals surface area (Å²) in [6, 6.07) is 9.29. The van der Waals surface area contributed by atoms with E-state index in [-0.39, 0.29) is 35.5 Å². The molecule has 5 nitrogen and oxygen atoms in total. The van der Waals surface area contributed by atoms with Crippen molar-refractivity contribution in [1.82, 2.24) is 9.88 Å². The predicted octanol–water partition coefficient (Wildman–Crippen LogP) is 2.25. The first-order valence-corrected chi connectivity index (χ1v) is 7.64. The fraction of sp³-hybridized carbons (Fsp3) is 0.294. The number of benzene rings is 1. The summed E-state index contributed by atoms with van der Waals surface area (Å²) < 4.78 is 13.2. The van der Waals surface area contributed by atoms with Crippen LogP contribution >= 0.6 is 0 Å². The number of hydrogen-bond donors (Lipinski definition) is 2. The number of anilines is 1. The van der Waals surface area contributed by atoms with Crippen molar-refractivity contribution in [3.63, 3.8) is 0 Å². The van der Waals surface area contributed by atoms with Gasteiger partial charge in [0.05, 0.1) is 5.92 Å². The molecule has 5 rings (SSSR count). The molecule has 1 aromatic carbocycles. The summed E-state index contributed by atoms with van der Waals surface area (Å²) >= 11 is 0. The zero-order valence-corrected chi connectivity index (χ0v) is 12.3. The monoisotopic (exact) mass is 313 g/mol. The average molecular weight is 313 g/mol. The highest BCUT2D eigenvalue weighted by Gasteiger charge is 2.56. The quantitative estimate of drug-likeness (QED) is 0.913. The lowest BCUT2D eigenvalue weighted by Crippen LogP contribution is -2.47. The highest BCUT2D eigenvalue weighted by atomic mass is 19.1. The number of H-pyrrole nitrogens is 1. The Morgan fingerprint density at radius 1 is 1.26 bits per heavy atom. The summed E-state index contributed by atoms with van der Waals surface area (Å²) in [5.41, 5.74) is 0.991. The highest BCUT2D eigenvalue weighted by Crippen LogP contribution is 2.47. The Labute approximate surface area is 132 Å². The third-order valence-electron chi connectivity index (χ3n) is 4.78. The van der Waals surface area contributed by atoms with E-state index < -0.39 is 0 Å². The fourth-order valence-electron chi connectivity index (χ4n) is 3.65. The van der Waals surface area contributed by atoms with Gasteiger partial charge in [0.1, 0.15) is 11.5 Å². The molecule has 118 valence electrons. The van der Waals surface area contributed by atoms with Crippen LogP contribution in [0.2, 0.25) is 0 Å². The third-order valence-corrected chi connectivity index (χ3v) is 4.78. The van der Waals surface area contributed by atoms with Crippen LogP contribution in [-0.2, 0) is 4.79 Å². The first kappa shape index (κ1) is 14.0. The second-order valence-electron chi connectivity index (χ2n) is 6.13. The number of rotatable bonds is 3. The second-order valence-corrected chi connectivity index (χ2v) is 6.13. The number of amides is 2. The molecule has 0 spiro atoms. The molecule has 0 radical (unpaired) electrons. The van der Waals surface area contributed by atoms with E-state index in [2.05, 4.69) is 10.3 Å². The Kier molecular flexibility index (Phi) is 3.18. The smallest absolute Gasteiger partial charge is 0.270 e. The summed E-state index contributed by atoms with van der Waals surface area (Å²) in [6.45, 7) is 0.601. The molecule has 2 amide bonds. The molecule has 23 heavy (non-hydrogen) atoms. The Hall–Kier alpha value is -2.63. The van der Waals surface area contributed by atoms with Crippen molar-refractivity contribution in [3.05, 3.63) is 54.1 Å². The Balaban J connectivity index is 1.46.